The van der Waals surface area contributed by atoms with Crippen molar-refractivity contribution >= 4 is 23.4 Å². The fourth-order valence-electron chi connectivity index (χ4n) is 1.71. The molecule has 0 radical (unpaired) electrons. The molecule has 0 saturated heterocycles. The predicted octanol–water partition coefficient (Wildman–Crippen LogP) is 3.40. The summed E-state index contributed by atoms with van der Waals surface area (Å²) in [5.41, 5.74) is 6.70. The second-order valence-corrected chi connectivity index (χ2v) is 5.75. The number of benzene rings is 2. The molecule has 0 fully saturated rings. The van der Waals surface area contributed by atoms with E-state index in [0.29, 0.717) is 21.0 Å². The van der Waals surface area contributed by atoms with E-state index in [9.17, 15) is 13.6 Å². The standard InChI is InChI=1S/C15H14F2N2OS/c1-19(2)15(20)11-5-3-9(18)7-14(11)21-10-4-6-12(16)13(17)8-10/h3-8H,18H2,1-2H3. The molecular formula is C15H14F2N2OS. The van der Waals surface area contributed by atoms with Gasteiger partial charge < -0.3 is 10.6 Å². The van der Waals surface area contributed by atoms with Crippen molar-refractivity contribution in [3.63, 3.8) is 0 Å². The Balaban J connectivity index is 2.40. The molecule has 2 N–H and O–H groups in total. The zero-order chi connectivity index (χ0) is 15.6. The molecule has 0 spiro atoms. The first-order chi connectivity index (χ1) is 9.88. The number of nitrogens with two attached hydrogens (primary N) is 1. The van der Waals surface area contributed by atoms with Crippen LogP contribution in [0.25, 0.3) is 0 Å². The molecule has 0 unspecified atom stereocenters. The predicted molar refractivity (Wildman–Crippen MR) is 79.4 cm³/mol. The van der Waals surface area contributed by atoms with Gasteiger partial charge in [-0.15, -0.1) is 0 Å². The Bertz CT molecular complexity index is 689. The first-order valence-electron chi connectivity index (χ1n) is 6.12. The molecule has 0 aliphatic carbocycles. The van der Waals surface area contributed by atoms with E-state index in [2.05, 4.69) is 0 Å². The van der Waals surface area contributed by atoms with Crippen LogP contribution in [0, 0.1) is 11.6 Å². The lowest BCUT2D eigenvalue weighted by Crippen LogP contribution is -2.22. The van der Waals surface area contributed by atoms with Crippen molar-refractivity contribution in [1.29, 1.82) is 0 Å². The highest BCUT2D eigenvalue weighted by atomic mass is 32.2. The van der Waals surface area contributed by atoms with E-state index in [4.69, 9.17) is 5.73 Å². The van der Waals surface area contributed by atoms with Crippen LogP contribution in [0.3, 0.4) is 0 Å². The summed E-state index contributed by atoms with van der Waals surface area (Å²) in [6, 6.07) is 8.50. The monoisotopic (exact) mass is 308 g/mol. The molecule has 0 aliphatic heterocycles. The van der Waals surface area contributed by atoms with Gasteiger partial charge in [0, 0.05) is 29.6 Å². The second kappa shape index (κ2) is 6.13. The first kappa shape index (κ1) is 15.3. The molecule has 0 bridgehead atoms. The number of carbonyl (C=O) groups is 1. The van der Waals surface area contributed by atoms with Crippen molar-refractivity contribution in [3.05, 3.63) is 53.6 Å². The van der Waals surface area contributed by atoms with Gasteiger partial charge >= 0.3 is 0 Å². The average Bonchev–Trinajstić information content (AvgIpc) is 2.42. The maximum atomic E-state index is 13.3. The zero-order valence-corrected chi connectivity index (χ0v) is 12.4. The SMILES string of the molecule is CN(C)C(=O)c1ccc(N)cc1Sc1ccc(F)c(F)c1. The van der Waals surface area contributed by atoms with E-state index in [-0.39, 0.29) is 5.91 Å². The highest BCUT2D eigenvalue weighted by molar-refractivity contribution is 7.99. The average molecular weight is 308 g/mol. The van der Waals surface area contributed by atoms with Crippen molar-refractivity contribution < 1.29 is 13.6 Å². The number of anilines is 1. The number of hydrogen-bond acceptors (Lipinski definition) is 3. The molecule has 2 aromatic carbocycles. The highest BCUT2D eigenvalue weighted by Gasteiger charge is 2.15. The molecular weight excluding hydrogens is 294 g/mol. The maximum absolute atomic E-state index is 13.3. The van der Waals surface area contributed by atoms with Gasteiger partial charge in [-0.2, -0.15) is 0 Å². The molecule has 2 rings (SSSR count). The number of rotatable bonds is 3. The van der Waals surface area contributed by atoms with Gasteiger partial charge in [0.2, 0.25) is 0 Å². The summed E-state index contributed by atoms with van der Waals surface area (Å²) >= 11 is 1.16. The number of nitrogen functional groups attached to an aromatic ring is 1. The topological polar surface area (TPSA) is 46.3 Å². The quantitative estimate of drug-likeness (QED) is 0.884. The highest BCUT2D eigenvalue weighted by Crippen LogP contribution is 2.33. The fourth-order valence-corrected chi connectivity index (χ4v) is 2.72. The van der Waals surface area contributed by atoms with E-state index in [0.717, 1.165) is 23.9 Å². The molecule has 1 amide bonds. The van der Waals surface area contributed by atoms with Crippen LogP contribution in [0.4, 0.5) is 14.5 Å². The summed E-state index contributed by atoms with van der Waals surface area (Å²) in [5, 5.41) is 0. The number of amides is 1. The third kappa shape index (κ3) is 3.52. The molecule has 3 nitrogen and oxygen atoms in total. The molecule has 0 aromatic heterocycles. The van der Waals surface area contributed by atoms with E-state index in [1.54, 1.807) is 32.3 Å². The summed E-state index contributed by atoms with van der Waals surface area (Å²) in [4.78, 5) is 14.7. The third-order valence-electron chi connectivity index (χ3n) is 2.76. The van der Waals surface area contributed by atoms with Gasteiger partial charge in [0.05, 0.1) is 5.56 Å². The number of nitrogens with zero attached hydrogens (tertiary/aromatic N) is 1. The van der Waals surface area contributed by atoms with Crippen LogP contribution in [0.15, 0.2) is 46.2 Å². The summed E-state index contributed by atoms with van der Waals surface area (Å²) in [6.45, 7) is 0. The van der Waals surface area contributed by atoms with Crippen LogP contribution in [0.5, 0.6) is 0 Å². The van der Waals surface area contributed by atoms with Gasteiger partial charge in [0.1, 0.15) is 0 Å². The van der Waals surface area contributed by atoms with Gasteiger partial charge in [0.25, 0.3) is 5.91 Å². The number of hydrogen-bond donors (Lipinski definition) is 1. The number of halogens is 2. The Morgan fingerprint density at radius 2 is 1.81 bits per heavy atom. The molecule has 0 atom stereocenters. The van der Waals surface area contributed by atoms with Crippen LogP contribution in [-0.4, -0.2) is 24.9 Å². The van der Waals surface area contributed by atoms with Crippen LogP contribution < -0.4 is 5.73 Å². The summed E-state index contributed by atoms with van der Waals surface area (Å²) in [6.07, 6.45) is 0. The molecule has 6 heteroatoms. The molecule has 21 heavy (non-hydrogen) atoms. The first-order valence-corrected chi connectivity index (χ1v) is 6.94. The Morgan fingerprint density at radius 3 is 2.43 bits per heavy atom. The van der Waals surface area contributed by atoms with E-state index >= 15 is 0 Å². The van der Waals surface area contributed by atoms with Crippen LogP contribution >= 0.6 is 11.8 Å². The molecule has 2 aromatic rings. The minimum Gasteiger partial charge on any atom is -0.399 e. The summed E-state index contributed by atoms with van der Waals surface area (Å²) < 4.78 is 26.2. The lowest BCUT2D eigenvalue weighted by molar-refractivity contribution is 0.0824. The van der Waals surface area contributed by atoms with E-state index < -0.39 is 11.6 Å². The lowest BCUT2D eigenvalue weighted by atomic mass is 10.2. The van der Waals surface area contributed by atoms with Crippen LogP contribution in [-0.2, 0) is 0 Å². The normalized spacial score (nSPS) is 10.5. The maximum Gasteiger partial charge on any atom is 0.254 e. The Morgan fingerprint density at radius 1 is 1.10 bits per heavy atom. The van der Waals surface area contributed by atoms with Crippen LogP contribution in [0.2, 0.25) is 0 Å². The Labute approximate surface area is 125 Å². The minimum absolute atomic E-state index is 0.180. The van der Waals surface area contributed by atoms with Gasteiger partial charge in [-0.05, 0) is 36.4 Å². The van der Waals surface area contributed by atoms with Gasteiger partial charge in [-0.3, -0.25) is 4.79 Å². The van der Waals surface area contributed by atoms with Gasteiger partial charge in [-0.1, -0.05) is 11.8 Å². The summed E-state index contributed by atoms with van der Waals surface area (Å²) in [7, 11) is 3.29. The Hall–Kier alpha value is -2.08. The smallest absolute Gasteiger partial charge is 0.254 e. The summed E-state index contributed by atoms with van der Waals surface area (Å²) in [5.74, 6) is -2.01. The van der Waals surface area contributed by atoms with Crippen molar-refractivity contribution in [1.82, 2.24) is 4.90 Å². The van der Waals surface area contributed by atoms with Crippen molar-refractivity contribution in [3.8, 4) is 0 Å². The zero-order valence-electron chi connectivity index (χ0n) is 11.6. The second-order valence-electron chi connectivity index (χ2n) is 4.63. The van der Waals surface area contributed by atoms with E-state index in [1.165, 1.54) is 11.0 Å². The minimum atomic E-state index is -0.926. The van der Waals surface area contributed by atoms with Crippen molar-refractivity contribution in [2.75, 3.05) is 19.8 Å². The molecule has 0 aliphatic rings. The Kier molecular flexibility index (Phi) is 4.47. The van der Waals surface area contributed by atoms with Gasteiger partial charge in [-0.25, -0.2) is 8.78 Å². The molecule has 0 heterocycles. The van der Waals surface area contributed by atoms with E-state index in [1.807, 2.05) is 0 Å². The van der Waals surface area contributed by atoms with Crippen molar-refractivity contribution in [2.45, 2.75) is 9.79 Å². The molecule has 110 valence electrons. The largest absolute Gasteiger partial charge is 0.399 e. The fraction of sp³-hybridized carbons (Fsp3) is 0.133. The molecule has 0 saturated carbocycles. The third-order valence-corrected chi connectivity index (χ3v) is 3.81. The van der Waals surface area contributed by atoms with Gasteiger partial charge in [0.15, 0.2) is 11.6 Å². The van der Waals surface area contributed by atoms with Crippen LogP contribution in [0.1, 0.15) is 10.4 Å². The number of carbonyl (C=O) groups excluding carboxylic acids is 1. The lowest BCUT2D eigenvalue weighted by Gasteiger charge is -2.14. The van der Waals surface area contributed by atoms with Crippen molar-refractivity contribution in [2.24, 2.45) is 0 Å².